The van der Waals surface area contributed by atoms with Gasteiger partial charge in [-0.3, -0.25) is 14.1 Å². The summed E-state index contributed by atoms with van der Waals surface area (Å²) in [6.45, 7) is 4.11. The molecule has 0 saturated carbocycles. The molecule has 2 unspecified atom stereocenters. The first kappa shape index (κ1) is 18.4. The van der Waals surface area contributed by atoms with Crippen LogP contribution in [0, 0.1) is 6.92 Å². The number of nitrogens with zero attached hydrogens (tertiary/aromatic N) is 3. The van der Waals surface area contributed by atoms with E-state index in [9.17, 15) is 4.79 Å². The zero-order chi connectivity index (χ0) is 15.7. The van der Waals surface area contributed by atoms with Gasteiger partial charge in [0.05, 0.1) is 11.8 Å². The molecular weight excluding hydrogens is 336 g/mol. The summed E-state index contributed by atoms with van der Waals surface area (Å²) in [5, 5.41) is 1.96. The number of likely N-dealkylation sites (tertiary alicyclic amines) is 1. The van der Waals surface area contributed by atoms with E-state index in [0.29, 0.717) is 13.1 Å². The monoisotopic (exact) mass is 358 g/mol. The third-order valence-corrected chi connectivity index (χ3v) is 5.33. The third-order valence-electron chi connectivity index (χ3n) is 4.39. The third kappa shape index (κ3) is 3.75. The summed E-state index contributed by atoms with van der Waals surface area (Å²) in [6, 6.07) is 1.92. The molecule has 0 amide bonds. The van der Waals surface area contributed by atoms with Crippen LogP contribution >= 0.6 is 23.7 Å². The van der Waals surface area contributed by atoms with Gasteiger partial charge in [-0.1, -0.05) is 0 Å². The van der Waals surface area contributed by atoms with Gasteiger partial charge in [0.1, 0.15) is 0 Å². The number of nitrogens with two attached hydrogens (primary N) is 1. The highest BCUT2D eigenvalue weighted by Crippen LogP contribution is 2.21. The number of fused-ring (bicyclic) bond motifs is 1. The van der Waals surface area contributed by atoms with Crippen LogP contribution in [0.25, 0.3) is 4.96 Å². The van der Waals surface area contributed by atoms with Crippen LogP contribution in [0.2, 0.25) is 0 Å². The number of thiazole rings is 1. The molecular formula is C15H23ClN4O2S. The Bertz CT molecular complexity index is 717. The normalized spacial score (nSPS) is 22.2. The lowest BCUT2D eigenvalue weighted by Gasteiger charge is -2.38. The molecule has 2 atom stereocenters. The first-order valence-corrected chi connectivity index (χ1v) is 8.44. The smallest absolute Gasteiger partial charge is 0.259 e. The summed E-state index contributed by atoms with van der Waals surface area (Å²) in [4.78, 5) is 19.9. The van der Waals surface area contributed by atoms with E-state index in [0.717, 1.165) is 35.7 Å². The van der Waals surface area contributed by atoms with Crippen molar-refractivity contribution in [2.24, 2.45) is 5.73 Å². The molecule has 1 saturated heterocycles. The molecule has 0 aliphatic carbocycles. The number of halogens is 1. The van der Waals surface area contributed by atoms with Crippen molar-refractivity contribution in [2.75, 3.05) is 20.2 Å². The van der Waals surface area contributed by atoms with Crippen molar-refractivity contribution < 1.29 is 4.74 Å². The Balaban J connectivity index is 0.00000192. The molecule has 2 aromatic rings. The minimum absolute atomic E-state index is 0. The molecule has 128 valence electrons. The molecule has 1 fully saturated rings. The highest BCUT2D eigenvalue weighted by molar-refractivity contribution is 7.15. The maximum atomic E-state index is 12.2. The second-order valence-corrected chi connectivity index (χ2v) is 6.66. The van der Waals surface area contributed by atoms with Crippen LogP contribution in [0.3, 0.4) is 0 Å². The first-order valence-electron chi connectivity index (χ1n) is 7.56. The quantitative estimate of drug-likeness (QED) is 0.895. The zero-order valence-corrected chi connectivity index (χ0v) is 15.0. The molecule has 1 aliphatic heterocycles. The average Bonchev–Trinajstić information content (AvgIpc) is 2.89. The Hall–Kier alpha value is -0.990. The molecule has 8 heteroatoms. The van der Waals surface area contributed by atoms with Gasteiger partial charge >= 0.3 is 0 Å². The van der Waals surface area contributed by atoms with Crippen LogP contribution in [0.15, 0.2) is 16.2 Å². The molecule has 2 aromatic heterocycles. The van der Waals surface area contributed by atoms with Gasteiger partial charge in [0.15, 0.2) is 4.96 Å². The second-order valence-electron chi connectivity index (χ2n) is 5.82. The topological polar surface area (TPSA) is 72.9 Å². The minimum Gasteiger partial charge on any atom is -0.381 e. The second kappa shape index (κ2) is 7.72. The van der Waals surface area contributed by atoms with E-state index in [2.05, 4.69) is 9.88 Å². The van der Waals surface area contributed by atoms with Crippen LogP contribution in [-0.4, -0.2) is 46.6 Å². The van der Waals surface area contributed by atoms with E-state index in [1.54, 1.807) is 17.6 Å². The maximum absolute atomic E-state index is 12.2. The Morgan fingerprint density at radius 2 is 2.30 bits per heavy atom. The maximum Gasteiger partial charge on any atom is 0.259 e. The summed E-state index contributed by atoms with van der Waals surface area (Å²) in [7, 11) is 1.75. The summed E-state index contributed by atoms with van der Waals surface area (Å²) < 4.78 is 7.11. The summed E-state index contributed by atoms with van der Waals surface area (Å²) in [6.07, 6.45) is 2.21. The van der Waals surface area contributed by atoms with Gasteiger partial charge < -0.3 is 10.5 Å². The number of methoxy groups -OCH3 is 1. The van der Waals surface area contributed by atoms with Crippen LogP contribution in [0.4, 0.5) is 0 Å². The zero-order valence-electron chi connectivity index (χ0n) is 13.4. The summed E-state index contributed by atoms with van der Waals surface area (Å²) >= 11 is 1.50. The largest absolute Gasteiger partial charge is 0.381 e. The van der Waals surface area contributed by atoms with Gasteiger partial charge in [0.2, 0.25) is 0 Å². The predicted octanol–water partition coefficient (Wildman–Crippen LogP) is 1.42. The number of ether oxygens (including phenoxy) is 1. The molecule has 3 heterocycles. The van der Waals surface area contributed by atoms with Crippen molar-refractivity contribution in [1.82, 2.24) is 14.3 Å². The lowest BCUT2D eigenvalue weighted by molar-refractivity contribution is 0.00978. The van der Waals surface area contributed by atoms with Gasteiger partial charge in [-0.2, -0.15) is 0 Å². The van der Waals surface area contributed by atoms with Gasteiger partial charge in [-0.15, -0.1) is 23.7 Å². The summed E-state index contributed by atoms with van der Waals surface area (Å²) in [5.41, 5.74) is 7.66. The Kier molecular flexibility index (Phi) is 6.16. The lowest BCUT2D eigenvalue weighted by atomic mass is 9.99. The number of piperidine rings is 1. The molecule has 0 radical (unpaired) electrons. The fourth-order valence-corrected chi connectivity index (χ4v) is 4.01. The van der Waals surface area contributed by atoms with Crippen LogP contribution in [0.1, 0.15) is 24.2 Å². The van der Waals surface area contributed by atoms with Gasteiger partial charge in [-0.25, -0.2) is 4.98 Å². The average molecular weight is 359 g/mol. The molecule has 6 nitrogen and oxygen atoms in total. The van der Waals surface area contributed by atoms with Crippen molar-refractivity contribution in [2.45, 2.75) is 38.5 Å². The Morgan fingerprint density at radius 1 is 1.52 bits per heavy atom. The van der Waals surface area contributed by atoms with Crippen molar-refractivity contribution in [3.8, 4) is 0 Å². The molecule has 0 spiro atoms. The minimum atomic E-state index is -0.00479. The number of hydrogen-bond donors (Lipinski definition) is 1. The highest BCUT2D eigenvalue weighted by Gasteiger charge is 2.27. The van der Waals surface area contributed by atoms with Crippen molar-refractivity contribution in [3.05, 3.63) is 33.2 Å². The van der Waals surface area contributed by atoms with E-state index in [1.165, 1.54) is 11.3 Å². The molecule has 3 rings (SSSR count). The van der Waals surface area contributed by atoms with Crippen molar-refractivity contribution in [3.63, 3.8) is 0 Å². The number of rotatable bonds is 4. The van der Waals surface area contributed by atoms with Crippen LogP contribution in [0.5, 0.6) is 0 Å². The van der Waals surface area contributed by atoms with Crippen molar-refractivity contribution in [1.29, 1.82) is 0 Å². The molecule has 1 aliphatic rings. The van der Waals surface area contributed by atoms with E-state index in [-0.39, 0.29) is 30.1 Å². The fourth-order valence-electron chi connectivity index (χ4n) is 3.12. The van der Waals surface area contributed by atoms with E-state index in [4.69, 9.17) is 10.5 Å². The molecule has 2 N–H and O–H groups in total. The van der Waals surface area contributed by atoms with Crippen LogP contribution < -0.4 is 11.3 Å². The van der Waals surface area contributed by atoms with Crippen molar-refractivity contribution >= 4 is 28.7 Å². The van der Waals surface area contributed by atoms with Crippen LogP contribution in [-0.2, 0) is 11.3 Å². The molecule has 0 bridgehead atoms. The number of aromatic nitrogens is 2. The fraction of sp³-hybridized carbons (Fsp3) is 0.600. The first-order chi connectivity index (χ1) is 10.6. The van der Waals surface area contributed by atoms with E-state index >= 15 is 0 Å². The van der Waals surface area contributed by atoms with E-state index in [1.807, 2.05) is 12.3 Å². The highest BCUT2D eigenvalue weighted by atomic mass is 35.5. The van der Waals surface area contributed by atoms with Gasteiger partial charge in [-0.05, 0) is 19.8 Å². The van der Waals surface area contributed by atoms with Gasteiger partial charge in [0, 0.05) is 49.9 Å². The summed E-state index contributed by atoms with van der Waals surface area (Å²) in [5.74, 6) is 0. The Labute approximate surface area is 145 Å². The Morgan fingerprint density at radius 3 is 3.00 bits per heavy atom. The standard InChI is InChI=1S/C15H22N4O2S.ClH/c1-10-9-22-15-17-11(5-14(20)19(10)15)8-18-4-3-13(21-2)6-12(18)7-16;/h5,9,12-13H,3-4,6-8,16H2,1-2H3;1H. The molecule has 0 aromatic carbocycles. The molecule has 23 heavy (non-hydrogen) atoms. The predicted molar refractivity (Wildman–Crippen MR) is 94.6 cm³/mol. The lowest BCUT2D eigenvalue weighted by Crippen LogP contribution is -2.48. The van der Waals surface area contributed by atoms with Gasteiger partial charge in [0.25, 0.3) is 5.56 Å². The number of aryl methyl sites for hydroxylation is 1. The SMILES string of the molecule is COC1CCN(Cc2cc(=O)n3c(C)csc3n2)C(CN)C1.Cl. The van der Waals surface area contributed by atoms with E-state index < -0.39 is 0 Å². The number of hydrogen-bond acceptors (Lipinski definition) is 6.